The number of hydrogen-bond acceptors (Lipinski definition) is 5. The maximum atomic E-state index is 10.3. The first-order valence-electron chi connectivity index (χ1n) is 3.20. The smallest absolute Gasteiger partial charge is 0.214 e. The van der Waals surface area contributed by atoms with Crippen molar-refractivity contribution in [3.8, 4) is 10.7 Å². The fourth-order valence-electron chi connectivity index (χ4n) is 0.809. The second-order valence-electron chi connectivity index (χ2n) is 2.12. The third kappa shape index (κ3) is 1.14. The van der Waals surface area contributed by atoms with Crippen LogP contribution in [0.25, 0.3) is 10.7 Å². The Bertz CT molecular complexity index is 380. The lowest BCUT2D eigenvalue weighted by Gasteiger charge is -1.80. The van der Waals surface area contributed by atoms with Crippen molar-refractivity contribution >= 4 is 17.6 Å². The van der Waals surface area contributed by atoms with Gasteiger partial charge in [-0.15, -0.1) is 11.3 Å². The highest BCUT2D eigenvalue weighted by atomic mass is 32.1. The summed E-state index contributed by atoms with van der Waals surface area (Å²) in [6.45, 7) is 0. The van der Waals surface area contributed by atoms with E-state index in [1.54, 1.807) is 11.4 Å². The molecule has 0 amide bonds. The van der Waals surface area contributed by atoms with Gasteiger partial charge in [0.25, 0.3) is 0 Å². The van der Waals surface area contributed by atoms with Crippen molar-refractivity contribution in [3.05, 3.63) is 23.4 Å². The highest BCUT2D eigenvalue weighted by molar-refractivity contribution is 7.13. The third-order valence-electron chi connectivity index (χ3n) is 1.34. The highest BCUT2D eigenvalue weighted by Gasteiger charge is 2.05. The quantitative estimate of drug-likeness (QED) is 0.659. The minimum Gasteiger partial charge on any atom is -0.342 e. The molecule has 0 aliphatic carbocycles. The van der Waals surface area contributed by atoms with E-state index in [0.717, 1.165) is 11.2 Å². The summed E-state index contributed by atoms with van der Waals surface area (Å²) < 4.78 is 4.57. The zero-order valence-corrected chi connectivity index (χ0v) is 6.75. The number of carbonyl (C=O) groups is 1. The molecule has 0 atom stereocenters. The maximum Gasteiger partial charge on any atom is 0.214 e. The summed E-state index contributed by atoms with van der Waals surface area (Å²) in [4.78, 5) is 15.0. The van der Waals surface area contributed by atoms with Crippen LogP contribution < -0.4 is 0 Å². The van der Waals surface area contributed by atoms with Gasteiger partial charge in [-0.1, -0.05) is 5.16 Å². The number of aldehydes is 1. The van der Waals surface area contributed by atoms with E-state index in [1.165, 1.54) is 17.7 Å². The molecule has 4 nitrogen and oxygen atoms in total. The summed E-state index contributed by atoms with van der Waals surface area (Å²) in [5.41, 5.74) is 0.639. The van der Waals surface area contributed by atoms with Crippen molar-refractivity contribution in [2.75, 3.05) is 0 Å². The van der Waals surface area contributed by atoms with Crippen LogP contribution in [0.3, 0.4) is 0 Å². The van der Waals surface area contributed by atoms with Crippen molar-refractivity contribution in [2.45, 2.75) is 0 Å². The number of nitrogens with zero attached hydrogens (tertiary/aromatic N) is 2. The number of rotatable bonds is 2. The average Bonchev–Trinajstić information content (AvgIpc) is 2.75. The van der Waals surface area contributed by atoms with Crippen LogP contribution in [0.5, 0.6) is 0 Å². The molecule has 0 aliphatic heterocycles. The molecule has 2 rings (SSSR count). The lowest BCUT2D eigenvalue weighted by Crippen LogP contribution is -1.73. The number of carbonyl (C=O) groups excluding carboxylic acids is 1. The van der Waals surface area contributed by atoms with Crippen LogP contribution in [0.4, 0.5) is 0 Å². The molecule has 0 saturated heterocycles. The Labute approximate surface area is 71.8 Å². The standard InChI is InChI=1S/C7H4N2O2S/c10-2-5-1-6(12-3-5)7-8-4-11-9-7/h1-4H. The van der Waals surface area contributed by atoms with Crippen molar-refractivity contribution in [1.82, 2.24) is 10.1 Å². The lowest BCUT2D eigenvalue weighted by atomic mass is 10.3. The monoisotopic (exact) mass is 180 g/mol. The molecule has 0 bridgehead atoms. The second kappa shape index (κ2) is 2.86. The van der Waals surface area contributed by atoms with E-state index < -0.39 is 0 Å². The predicted octanol–water partition coefficient (Wildman–Crippen LogP) is 1.61. The van der Waals surface area contributed by atoms with E-state index in [9.17, 15) is 4.79 Å². The van der Waals surface area contributed by atoms with Crippen LogP contribution in [0.1, 0.15) is 10.4 Å². The van der Waals surface area contributed by atoms with Gasteiger partial charge in [-0.05, 0) is 6.07 Å². The molecule has 0 N–H and O–H groups in total. The van der Waals surface area contributed by atoms with Crippen LogP contribution in [-0.4, -0.2) is 16.4 Å². The van der Waals surface area contributed by atoms with Gasteiger partial charge in [0, 0.05) is 10.9 Å². The topological polar surface area (TPSA) is 56.0 Å². The molecule has 0 aromatic carbocycles. The van der Waals surface area contributed by atoms with Crippen molar-refractivity contribution in [2.24, 2.45) is 0 Å². The zero-order chi connectivity index (χ0) is 8.39. The second-order valence-corrected chi connectivity index (χ2v) is 3.03. The van der Waals surface area contributed by atoms with Gasteiger partial charge < -0.3 is 4.52 Å². The molecule has 0 unspecified atom stereocenters. The normalized spacial score (nSPS) is 10.0. The molecule has 0 fully saturated rings. The molecule has 2 aromatic heterocycles. The average molecular weight is 180 g/mol. The SMILES string of the molecule is O=Cc1csc(-c2ncon2)c1. The summed E-state index contributed by atoms with van der Waals surface area (Å²) in [7, 11) is 0. The van der Waals surface area contributed by atoms with E-state index >= 15 is 0 Å². The number of hydrogen-bond donors (Lipinski definition) is 0. The summed E-state index contributed by atoms with van der Waals surface area (Å²) in [6, 6.07) is 1.72. The number of thiophene rings is 1. The van der Waals surface area contributed by atoms with Crippen LogP contribution in [0.15, 0.2) is 22.4 Å². The third-order valence-corrected chi connectivity index (χ3v) is 2.28. The molecule has 0 spiro atoms. The van der Waals surface area contributed by atoms with Gasteiger partial charge in [0.2, 0.25) is 12.2 Å². The van der Waals surface area contributed by atoms with E-state index in [2.05, 4.69) is 14.7 Å². The predicted molar refractivity (Wildman–Crippen MR) is 43.0 cm³/mol. The number of aromatic nitrogens is 2. The largest absolute Gasteiger partial charge is 0.342 e. The van der Waals surface area contributed by atoms with Crippen molar-refractivity contribution in [3.63, 3.8) is 0 Å². The van der Waals surface area contributed by atoms with Gasteiger partial charge in [0.1, 0.15) is 0 Å². The Balaban J connectivity index is 2.41. The molecular weight excluding hydrogens is 176 g/mol. The fourth-order valence-corrected chi connectivity index (χ4v) is 1.60. The van der Waals surface area contributed by atoms with Crippen molar-refractivity contribution in [1.29, 1.82) is 0 Å². The van der Waals surface area contributed by atoms with E-state index in [1.807, 2.05) is 0 Å². The van der Waals surface area contributed by atoms with Crippen LogP contribution in [-0.2, 0) is 0 Å². The van der Waals surface area contributed by atoms with Gasteiger partial charge in [0.05, 0.1) is 4.88 Å². The molecular formula is C7H4N2O2S. The fraction of sp³-hybridized carbons (Fsp3) is 0. The van der Waals surface area contributed by atoms with E-state index in [0.29, 0.717) is 11.4 Å². The Morgan fingerprint density at radius 1 is 1.58 bits per heavy atom. The van der Waals surface area contributed by atoms with Crippen LogP contribution >= 0.6 is 11.3 Å². The molecule has 60 valence electrons. The van der Waals surface area contributed by atoms with Crippen molar-refractivity contribution < 1.29 is 9.32 Å². The van der Waals surface area contributed by atoms with E-state index in [-0.39, 0.29) is 0 Å². The minimum atomic E-state index is 0.521. The first-order chi connectivity index (χ1) is 5.90. The van der Waals surface area contributed by atoms with Gasteiger partial charge in [0.15, 0.2) is 6.29 Å². The van der Waals surface area contributed by atoms with E-state index in [4.69, 9.17) is 0 Å². The lowest BCUT2D eigenvalue weighted by molar-refractivity contribution is 0.112. The summed E-state index contributed by atoms with van der Waals surface area (Å²) >= 11 is 1.42. The summed E-state index contributed by atoms with van der Waals surface area (Å²) in [5, 5.41) is 5.39. The molecule has 2 aromatic rings. The first kappa shape index (κ1) is 7.17. The molecule has 0 radical (unpaired) electrons. The van der Waals surface area contributed by atoms with Gasteiger partial charge >= 0.3 is 0 Å². The molecule has 5 heteroatoms. The Kier molecular flexibility index (Phi) is 1.71. The summed E-state index contributed by atoms with van der Waals surface area (Å²) in [5.74, 6) is 0.521. The summed E-state index contributed by atoms with van der Waals surface area (Å²) in [6.07, 6.45) is 2.05. The maximum absolute atomic E-state index is 10.3. The Morgan fingerprint density at radius 2 is 2.50 bits per heavy atom. The van der Waals surface area contributed by atoms with Gasteiger partial charge in [-0.25, -0.2) is 0 Å². The van der Waals surface area contributed by atoms with Gasteiger partial charge in [-0.2, -0.15) is 4.98 Å². The minimum absolute atomic E-state index is 0.521. The molecule has 2 heterocycles. The molecule has 0 saturated carbocycles. The molecule has 0 aliphatic rings. The van der Waals surface area contributed by atoms with Gasteiger partial charge in [-0.3, -0.25) is 4.79 Å². The zero-order valence-electron chi connectivity index (χ0n) is 5.93. The van der Waals surface area contributed by atoms with Crippen LogP contribution in [0, 0.1) is 0 Å². The molecule has 12 heavy (non-hydrogen) atoms. The first-order valence-corrected chi connectivity index (χ1v) is 4.08. The highest BCUT2D eigenvalue weighted by Crippen LogP contribution is 2.22. The Morgan fingerprint density at radius 3 is 3.08 bits per heavy atom. The Hall–Kier alpha value is -1.49. The van der Waals surface area contributed by atoms with Crippen LogP contribution in [0.2, 0.25) is 0 Å².